The topological polar surface area (TPSA) is 137 Å². The molecule has 0 heterocycles. The molecule has 2 rings (SSSR count). The fraction of sp³-hybridized carbons (Fsp3) is 0.667. The molecule has 2 atom stereocenters. The zero-order valence-electron chi connectivity index (χ0n) is 21.3. The third kappa shape index (κ3) is 8.79. The first-order valence-electron chi connectivity index (χ1n) is 11.9. The molecule has 1 aromatic rings. The molecule has 0 radical (unpaired) electrons. The van der Waals surface area contributed by atoms with E-state index in [4.69, 9.17) is 9.47 Å². The normalized spacial score (nSPS) is 17.5. The summed E-state index contributed by atoms with van der Waals surface area (Å²) in [5.74, 6) is -0.486. The quantitative estimate of drug-likeness (QED) is 0.219. The number of nitrogens with zero attached hydrogens (tertiary/aromatic N) is 2. The molecule has 0 spiro atoms. The van der Waals surface area contributed by atoms with Crippen LogP contribution in [0.1, 0.15) is 73.6 Å². The number of carbonyl (C=O) groups is 1. The van der Waals surface area contributed by atoms with Gasteiger partial charge in [0.2, 0.25) is 5.90 Å². The SMILES string of the molecule is CC(C)OC(=NS(=O)(=O)c1ccc([N+](=O)[O-])cc1)C(C)C(NC(=O)OC(C)(C)C)C1CCCCC1. The Labute approximate surface area is 207 Å². The lowest BCUT2D eigenvalue weighted by Crippen LogP contribution is -2.49. The molecule has 1 amide bonds. The molecule has 1 aromatic carbocycles. The minimum Gasteiger partial charge on any atom is -0.477 e. The molecular formula is C24H37N3O7S. The van der Waals surface area contributed by atoms with Crippen LogP contribution in [0.4, 0.5) is 10.5 Å². The van der Waals surface area contributed by atoms with Crippen LogP contribution in [0, 0.1) is 22.0 Å². The molecular weight excluding hydrogens is 474 g/mol. The van der Waals surface area contributed by atoms with Crippen LogP contribution in [0.15, 0.2) is 33.6 Å². The van der Waals surface area contributed by atoms with E-state index in [1.165, 1.54) is 0 Å². The molecule has 0 aliphatic heterocycles. The molecule has 0 saturated heterocycles. The van der Waals surface area contributed by atoms with Crippen LogP contribution in [-0.2, 0) is 19.5 Å². The number of nitrogens with one attached hydrogen (secondary N) is 1. The Morgan fingerprint density at radius 1 is 1.11 bits per heavy atom. The van der Waals surface area contributed by atoms with Crippen molar-refractivity contribution in [2.24, 2.45) is 16.2 Å². The van der Waals surface area contributed by atoms with Crippen molar-refractivity contribution < 1.29 is 27.6 Å². The van der Waals surface area contributed by atoms with E-state index >= 15 is 0 Å². The van der Waals surface area contributed by atoms with Gasteiger partial charge in [0, 0.05) is 18.2 Å². The summed E-state index contributed by atoms with van der Waals surface area (Å²) in [6, 6.07) is 4.07. The monoisotopic (exact) mass is 511 g/mol. The number of hydrogen-bond acceptors (Lipinski definition) is 7. The zero-order valence-corrected chi connectivity index (χ0v) is 22.1. The second kappa shape index (κ2) is 11.8. The van der Waals surface area contributed by atoms with E-state index in [1.807, 2.05) is 0 Å². The van der Waals surface area contributed by atoms with Gasteiger partial charge in [0.1, 0.15) is 5.60 Å². The number of nitro groups is 1. The standard InChI is InChI=1S/C24H37N3O7S/c1-16(2)33-22(26-35(31,32)20-14-12-19(13-15-20)27(29)30)17(3)21(18-10-8-7-9-11-18)25-23(28)34-24(4,5)6/h12-18,21H,7-11H2,1-6H3,(H,25,28). The summed E-state index contributed by atoms with van der Waals surface area (Å²) in [7, 11) is -4.22. The lowest BCUT2D eigenvalue weighted by molar-refractivity contribution is -0.384. The Hall–Kier alpha value is -2.69. The molecule has 196 valence electrons. The van der Waals surface area contributed by atoms with Crippen molar-refractivity contribution in [3.63, 3.8) is 0 Å². The van der Waals surface area contributed by atoms with Crippen LogP contribution in [0.25, 0.3) is 0 Å². The van der Waals surface area contributed by atoms with Gasteiger partial charge in [-0.2, -0.15) is 8.42 Å². The summed E-state index contributed by atoms with van der Waals surface area (Å²) < 4.78 is 41.5. The first kappa shape index (κ1) is 28.5. The third-order valence-electron chi connectivity index (χ3n) is 5.68. The summed E-state index contributed by atoms with van der Waals surface area (Å²) in [5.41, 5.74) is -0.909. The Bertz CT molecular complexity index is 1010. The number of rotatable bonds is 8. The number of nitro benzene ring substituents is 1. The van der Waals surface area contributed by atoms with Crippen molar-refractivity contribution >= 4 is 27.7 Å². The predicted molar refractivity (Wildman–Crippen MR) is 133 cm³/mol. The van der Waals surface area contributed by atoms with Gasteiger partial charge >= 0.3 is 6.09 Å². The highest BCUT2D eigenvalue weighted by Gasteiger charge is 2.35. The summed E-state index contributed by atoms with van der Waals surface area (Å²) >= 11 is 0. The van der Waals surface area contributed by atoms with Gasteiger partial charge in [0.25, 0.3) is 15.7 Å². The lowest BCUT2D eigenvalue weighted by Gasteiger charge is -2.35. The third-order valence-corrected chi connectivity index (χ3v) is 6.97. The maximum Gasteiger partial charge on any atom is 0.407 e. The Kier molecular flexibility index (Phi) is 9.65. The van der Waals surface area contributed by atoms with Crippen molar-refractivity contribution in [1.82, 2.24) is 5.32 Å². The predicted octanol–water partition coefficient (Wildman–Crippen LogP) is 5.22. The number of benzene rings is 1. The maximum absolute atomic E-state index is 13.1. The highest BCUT2D eigenvalue weighted by atomic mass is 32.2. The van der Waals surface area contributed by atoms with Crippen molar-refractivity contribution in [3.8, 4) is 0 Å². The van der Waals surface area contributed by atoms with Crippen molar-refractivity contribution in [3.05, 3.63) is 34.4 Å². The summed E-state index contributed by atoms with van der Waals surface area (Å²) in [6.07, 6.45) is 3.97. The van der Waals surface area contributed by atoms with E-state index in [1.54, 1.807) is 41.5 Å². The number of ether oxygens (including phenoxy) is 2. The Morgan fingerprint density at radius 3 is 2.17 bits per heavy atom. The van der Waals surface area contributed by atoms with Gasteiger partial charge in [-0.15, -0.1) is 4.40 Å². The minimum atomic E-state index is -4.22. The summed E-state index contributed by atoms with van der Waals surface area (Å²) in [4.78, 5) is 22.8. The van der Waals surface area contributed by atoms with Crippen LogP contribution in [-0.4, -0.2) is 43.1 Å². The largest absolute Gasteiger partial charge is 0.477 e. The molecule has 0 aromatic heterocycles. The Balaban J connectivity index is 2.43. The van der Waals surface area contributed by atoms with Gasteiger partial charge in [0.05, 0.1) is 21.8 Å². The highest BCUT2D eigenvalue weighted by Crippen LogP contribution is 2.31. The Morgan fingerprint density at radius 2 is 1.69 bits per heavy atom. The number of amides is 1. The summed E-state index contributed by atoms with van der Waals surface area (Å²) in [5, 5.41) is 13.9. The van der Waals surface area contributed by atoms with Gasteiger partial charge < -0.3 is 14.8 Å². The van der Waals surface area contributed by atoms with Crippen LogP contribution in [0.5, 0.6) is 0 Å². The van der Waals surface area contributed by atoms with E-state index in [-0.39, 0.29) is 28.5 Å². The van der Waals surface area contributed by atoms with Gasteiger partial charge in [-0.25, -0.2) is 4.79 Å². The number of sulfonamides is 1. The molecule has 1 fully saturated rings. The molecule has 2 unspecified atom stereocenters. The molecule has 11 heteroatoms. The van der Waals surface area contributed by atoms with Gasteiger partial charge in [-0.3, -0.25) is 10.1 Å². The number of alkyl carbamates (subject to hydrolysis) is 1. The summed E-state index contributed by atoms with van der Waals surface area (Å²) in [6.45, 7) is 10.6. The van der Waals surface area contributed by atoms with Crippen LogP contribution in [0.3, 0.4) is 0 Å². The fourth-order valence-corrected chi connectivity index (χ4v) is 5.14. The average Bonchev–Trinajstić information content (AvgIpc) is 2.75. The second-order valence-corrected chi connectivity index (χ2v) is 11.8. The molecule has 1 N–H and O–H groups in total. The molecule has 1 aliphatic rings. The number of carbonyl (C=O) groups excluding carboxylic acids is 1. The molecule has 1 saturated carbocycles. The van der Waals surface area contributed by atoms with Crippen molar-refractivity contribution in [1.29, 1.82) is 0 Å². The lowest BCUT2D eigenvalue weighted by atomic mass is 9.79. The van der Waals surface area contributed by atoms with Crippen LogP contribution >= 0.6 is 0 Å². The van der Waals surface area contributed by atoms with Gasteiger partial charge in [-0.05, 0) is 65.5 Å². The number of hydrogen-bond donors (Lipinski definition) is 1. The van der Waals surface area contributed by atoms with Crippen molar-refractivity contribution in [2.45, 2.75) is 96.3 Å². The smallest absolute Gasteiger partial charge is 0.407 e. The fourth-order valence-electron chi connectivity index (χ4n) is 4.11. The van der Waals surface area contributed by atoms with E-state index in [0.717, 1.165) is 56.4 Å². The van der Waals surface area contributed by atoms with Gasteiger partial charge in [0.15, 0.2) is 0 Å². The van der Waals surface area contributed by atoms with E-state index in [9.17, 15) is 23.3 Å². The molecule has 1 aliphatic carbocycles. The second-order valence-electron chi connectivity index (χ2n) is 10.2. The highest BCUT2D eigenvalue weighted by molar-refractivity contribution is 7.90. The van der Waals surface area contributed by atoms with E-state index < -0.39 is 38.6 Å². The van der Waals surface area contributed by atoms with E-state index in [2.05, 4.69) is 9.71 Å². The van der Waals surface area contributed by atoms with Crippen LogP contribution in [0.2, 0.25) is 0 Å². The first-order chi connectivity index (χ1) is 16.2. The minimum absolute atomic E-state index is 0.0232. The molecule has 0 bridgehead atoms. The van der Waals surface area contributed by atoms with Crippen molar-refractivity contribution in [2.75, 3.05) is 0 Å². The van der Waals surface area contributed by atoms with Crippen LogP contribution < -0.4 is 5.32 Å². The molecule has 35 heavy (non-hydrogen) atoms. The van der Waals surface area contributed by atoms with E-state index in [0.29, 0.717) is 0 Å². The molecule has 10 nitrogen and oxygen atoms in total. The average molecular weight is 512 g/mol. The first-order valence-corrected chi connectivity index (χ1v) is 13.4. The number of non-ortho nitro benzene ring substituents is 1. The van der Waals surface area contributed by atoms with Gasteiger partial charge in [-0.1, -0.05) is 26.2 Å². The zero-order chi connectivity index (χ0) is 26.4. The maximum atomic E-state index is 13.1.